The van der Waals surface area contributed by atoms with E-state index in [1.165, 1.54) is 18.7 Å². The van der Waals surface area contributed by atoms with Crippen molar-refractivity contribution >= 4 is 23.2 Å². The molecule has 0 saturated heterocycles. The number of carbonyl (C=O) groups excluding carboxylic acids is 2. The Balaban J connectivity index is 1.43. The molecule has 2 aliphatic rings. The maximum Gasteiger partial charge on any atom is 0.254 e. The van der Waals surface area contributed by atoms with Crippen LogP contribution in [0.25, 0.3) is 0 Å². The molecule has 8 heteroatoms. The van der Waals surface area contributed by atoms with Gasteiger partial charge >= 0.3 is 0 Å². The fourth-order valence-corrected chi connectivity index (χ4v) is 6.75. The summed E-state index contributed by atoms with van der Waals surface area (Å²) in [5.74, 6) is -0.432. The molecule has 0 radical (unpaired) electrons. The molecule has 7 atom stereocenters. The van der Waals surface area contributed by atoms with Crippen LogP contribution in [-0.2, 0) is 11.3 Å². The minimum Gasteiger partial charge on any atom is -0.392 e. The zero-order chi connectivity index (χ0) is 23.6. The lowest BCUT2D eigenvalue weighted by Crippen LogP contribution is -2.58. The molecular weight excluding hydrogens is 436 g/mol. The Bertz CT molecular complexity index is 954. The molecule has 0 bridgehead atoms. The number of hydrogen-bond acceptors (Lipinski definition) is 6. The van der Waals surface area contributed by atoms with Gasteiger partial charge in [-0.2, -0.15) is 0 Å². The Labute approximate surface area is 199 Å². The Hall–Kier alpha value is -2.32. The molecule has 2 amide bonds. The molecule has 0 aromatic carbocycles. The van der Waals surface area contributed by atoms with E-state index in [2.05, 4.69) is 34.4 Å². The highest BCUT2D eigenvalue weighted by Gasteiger charge is 2.53. The lowest BCUT2D eigenvalue weighted by Gasteiger charge is -2.56. The lowest BCUT2D eigenvalue weighted by molar-refractivity contribution is -0.142. The van der Waals surface area contributed by atoms with E-state index in [9.17, 15) is 14.7 Å². The number of hydrogen-bond donors (Lipinski definition) is 3. The molecule has 2 aromatic heterocycles. The molecule has 0 spiro atoms. The summed E-state index contributed by atoms with van der Waals surface area (Å²) in [6.07, 6.45) is 7.50. The largest absolute Gasteiger partial charge is 0.392 e. The molecule has 2 saturated carbocycles. The summed E-state index contributed by atoms with van der Waals surface area (Å²) < 4.78 is 0. The van der Waals surface area contributed by atoms with Crippen molar-refractivity contribution < 1.29 is 14.7 Å². The second-order valence-electron chi connectivity index (χ2n) is 10.1. The minimum absolute atomic E-state index is 0.00607. The summed E-state index contributed by atoms with van der Waals surface area (Å²) >= 11 is 1.62. The van der Waals surface area contributed by atoms with Gasteiger partial charge in [-0.15, -0.1) is 11.3 Å². The first-order valence-corrected chi connectivity index (χ1v) is 12.7. The first-order chi connectivity index (χ1) is 15.8. The third-order valence-electron chi connectivity index (χ3n) is 8.10. The van der Waals surface area contributed by atoms with Crippen LogP contribution in [0.5, 0.6) is 0 Å². The number of nitrogens with one attached hydrogen (secondary N) is 2. The average molecular weight is 471 g/mol. The van der Waals surface area contributed by atoms with Gasteiger partial charge in [-0.3, -0.25) is 9.59 Å². The maximum atomic E-state index is 12.9. The van der Waals surface area contributed by atoms with Gasteiger partial charge in [0, 0.05) is 29.2 Å². The summed E-state index contributed by atoms with van der Waals surface area (Å²) in [5.41, 5.74) is 0.454. The minimum atomic E-state index is -0.582. The van der Waals surface area contributed by atoms with Crippen LogP contribution in [0.15, 0.2) is 36.2 Å². The number of carbonyl (C=O) groups is 2. The molecule has 0 unspecified atom stereocenters. The van der Waals surface area contributed by atoms with Gasteiger partial charge in [0.2, 0.25) is 5.91 Å². The predicted octanol–water partition coefficient (Wildman–Crippen LogP) is 3.41. The van der Waals surface area contributed by atoms with Crippen LogP contribution in [0.4, 0.5) is 0 Å². The highest BCUT2D eigenvalue weighted by molar-refractivity contribution is 7.09. The van der Waals surface area contributed by atoms with Crippen molar-refractivity contribution in [3.8, 4) is 0 Å². The third kappa shape index (κ3) is 4.96. The Kier molecular flexibility index (Phi) is 7.14. The van der Waals surface area contributed by atoms with Crippen molar-refractivity contribution in [2.45, 2.75) is 65.1 Å². The number of thiophene rings is 1. The topological polar surface area (TPSA) is 104 Å². The van der Waals surface area contributed by atoms with Gasteiger partial charge in [0.25, 0.3) is 5.91 Å². The van der Waals surface area contributed by atoms with Gasteiger partial charge in [0.15, 0.2) is 0 Å². The molecule has 178 valence electrons. The molecule has 0 aliphatic heterocycles. The van der Waals surface area contributed by atoms with Crippen molar-refractivity contribution in [2.24, 2.45) is 29.1 Å². The van der Waals surface area contributed by atoms with Crippen LogP contribution in [0, 0.1) is 29.1 Å². The van der Waals surface area contributed by atoms with E-state index in [1.54, 1.807) is 11.3 Å². The average Bonchev–Trinajstić information content (AvgIpc) is 3.33. The highest BCUT2D eigenvalue weighted by atomic mass is 32.1. The zero-order valence-electron chi connectivity index (χ0n) is 19.5. The molecular formula is C25H34N4O3S. The first-order valence-electron chi connectivity index (χ1n) is 11.8. The van der Waals surface area contributed by atoms with Gasteiger partial charge in [-0.05, 0) is 60.3 Å². The van der Waals surface area contributed by atoms with Crippen molar-refractivity contribution in [3.05, 3.63) is 46.7 Å². The normalized spacial score (nSPS) is 32.4. The quantitative estimate of drug-likeness (QED) is 0.600. The molecule has 2 aromatic rings. The van der Waals surface area contributed by atoms with Crippen molar-refractivity contribution in [1.29, 1.82) is 0 Å². The Morgan fingerprint density at radius 3 is 2.70 bits per heavy atom. The number of fused-ring (bicyclic) bond motifs is 1. The zero-order valence-corrected chi connectivity index (χ0v) is 20.3. The predicted molar refractivity (Wildman–Crippen MR) is 127 cm³/mol. The van der Waals surface area contributed by atoms with E-state index in [1.807, 2.05) is 24.4 Å². The smallest absolute Gasteiger partial charge is 0.254 e. The third-order valence-corrected chi connectivity index (χ3v) is 8.98. The fourth-order valence-electron chi connectivity index (χ4n) is 6.11. The summed E-state index contributed by atoms with van der Waals surface area (Å²) in [7, 11) is 0. The Morgan fingerprint density at radius 1 is 1.27 bits per heavy atom. The van der Waals surface area contributed by atoms with E-state index in [0.717, 1.165) is 30.6 Å². The number of aromatic nitrogens is 2. The summed E-state index contributed by atoms with van der Waals surface area (Å²) in [4.78, 5) is 34.6. The van der Waals surface area contributed by atoms with E-state index in [4.69, 9.17) is 0 Å². The molecule has 2 heterocycles. The molecule has 3 N–H and O–H groups in total. The first kappa shape index (κ1) is 23.8. The number of aliphatic hydroxyl groups is 1. The second-order valence-corrected chi connectivity index (χ2v) is 11.1. The molecule has 33 heavy (non-hydrogen) atoms. The summed E-state index contributed by atoms with van der Waals surface area (Å²) in [6.45, 7) is 6.85. The molecule has 4 rings (SSSR count). The van der Waals surface area contributed by atoms with Crippen LogP contribution in [0.3, 0.4) is 0 Å². The van der Waals surface area contributed by atoms with Crippen LogP contribution >= 0.6 is 11.3 Å². The number of rotatable bonds is 6. The number of amides is 2. The van der Waals surface area contributed by atoms with E-state index < -0.39 is 6.10 Å². The van der Waals surface area contributed by atoms with Crippen LogP contribution < -0.4 is 10.6 Å². The van der Waals surface area contributed by atoms with Gasteiger partial charge in [-0.25, -0.2) is 9.97 Å². The maximum absolute atomic E-state index is 12.9. The molecule has 2 aliphatic carbocycles. The lowest BCUT2D eigenvalue weighted by atomic mass is 9.51. The van der Waals surface area contributed by atoms with Crippen molar-refractivity contribution in [2.75, 3.05) is 0 Å². The van der Waals surface area contributed by atoms with Crippen LogP contribution in [-0.4, -0.2) is 39.0 Å². The summed E-state index contributed by atoms with van der Waals surface area (Å²) in [5, 5.41) is 19.7. The fraction of sp³-hybridized carbons (Fsp3) is 0.600. The van der Waals surface area contributed by atoms with Crippen molar-refractivity contribution in [3.63, 3.8) is 0 Å². The number of aliphatic hydroxyl groups excluding tert-OH is 1. The van der Waals surface area contributed by atoms with Crippen molar-refractivity contribution in [1.82, 2.24) is 20.6 Å². The van der Waals surface area contributed by atoms with Crippen LogP contribution in [0.1, 0.15) is 61.7 Å². The SMILES string of the molecule is C[C@H]1[C@@H]2[C@@H](O)[C@@H]([C@H](C)C(=O)NCc3cccs3)CC[C@@]2(C)CC[C@@H]1NC(=O)c1cncnc1. The molecule has 2 fully saturated rings. The second kappa shape index (κ2) is 9.89. The van der Waals surface area contributed by atoms with E-state index in [0.29, 0.717) is 12.1 Å². The van der Waals surface area contributed by atoms with E-state index >= 15 is 0 Å². The monoisotopic (exact) mass is 470 g/mol. The summed E-state index contributed by atoms with van der Waals surface area (Å²) in [6, 6.07) is 3.95. The van der Waals surface area contributed by atoms with Gasteiger partial charge < -0.3 is 15.7 Å². The van der Waals surface area contributed by atoms with Gasteiger partial charge in [-0.1, -0.05) is 26.8 Å². The standard InChI is InChI=1S/C25H34N4O3S/c1-15(23(31)28-13-18-5-4-10-33-18)19-6-8-25(3)9-7-20(16(2)21(25)22(19)30)29-24(32)17-11-26-14-27-12-17/h4-5,10-12,14-16,19-22,30H,6-9,13H2,1-3H3,(H,28,31)(H,29,32)/t15-,16+,19+,20-,21+,22-,25-/m0/s1. The van der Waals surface area contributed by atoms with Gasteiger partial charge in [0.05, 0.1) is 18.2 Å². The molecule has 7 nitrogen and oxygen atoms in total. The Morgan fingerprint density at radius 2 is 2.00 bits per heavy atom. The van der Waals surface area contributed by atoms with E-state index in [-0.39, 0.29) is 46.9 Å². The van der Waals surface area contributed by atoms with Crippen LogP contribution in [0.2, 0.25) is 0 Å². The number of nitrogens with zero attached hydrogens (tertiary/aromatic N) is 2. The highest BCUT2D eigenvalue weighted by Crippen LogP contribution is 2.55. The van der Waals surface area contributed by atoms with Gasteiger partial charge in [0.1, 0.15) is 6.33 Å².